The van der Waals surface area contributed by atoms with Crippen LogP contribution in [0.1, 0.15) is 47.4 Å². The first-order valence-corrected chi connectivity index (χ1v) is 12.5. The van der Waals surface area contributed by atoms with Gasteiger partial charge < -0.3 is 15.4 Å². The van der Waals surface area contributed by atoms with Crippen LogP contribution >= 0.6 is 11.3 Å². The summed E-state index contributed by atoms with van der Waals surface area (Å²) in [6.07, 6.45) is 3.05. The lowest BCUT2D eigenvalue weighted by atomic mass is 9.93. The van der Waals surface area contributed by atoms with Gasteiger partial charge in [0.1, 0.15) is 0 Å². The van der Waals surface area contributed by atoms with Crippen LogP contribution in [0.2, 0.25) is 0 Å². The van der Waals surface area contributed by atoms with Crippen LogP contribution in [-0.4, -0.2) is 49.6 Å². The van der Waals surface area contributed by atoms with Gasteiger partial charge in [0.15, 0.2) is 0 Å². The third kappa shape index (κ3) is 4.27. The third-order valence-corrected chi connectivity index (χ3v) is 7.90. The maximum Gasteiger partial charge on any atom is 0.248 e. The quantitative estimate of drug-likeness (QED) is 0.597. The number of rotatable bonds is 6. The SMILES string of the molecule is CC[C@@H]1CN(c2ccc3ccsc3c2)CCN1CC[C@@H]1OCCc2cc(C(N)=O)ccc21. The zero-order valence-corrected chi connectivity index (χ0v) is 19.4. The van der Waals surface area contributed by atoms with Gasteiger partial charge in [-0.2, -0.15) is 0 Å². The zero-order valence-electron chi connectivity index (χ0n) is 18.6. The lowest BCUT2D eigenvalue weighted by Crippen LogP contribution is -2.53. The van der Waals surface area contributed by atoms with E-state index in [-0.39, 0.29) is 12.0 Å². The Hall–Kier alpha value is -2.41. The molecule has 1 aromatic heterocycles. The standard InChI is InChI=1S/C26H31N3O2S/c1-2-21-17-29(22-5-3-18-9-14-32-25(18)16-22)12-11-28(21)10-7-24-23-6-4-20(26(27)30)15-19(23)8-13-31-24/h3-6,9,14-16,21,24H,2,7-8,10-13,17H2,1H3,(H2,27,30)/t21-,24+/m1/s1. The molecule has 0 aliphatic carbocycles. The largest absolute Gasteiger partial charge is 0.373 e. The van der Waals surface area contributed by atoms with Gasteiger partial charge in [0.25, 0.3) is 0 Å². The summed E-state index contributed by atoms with van der Waals surface area (Å²) in [6.45, 7) is 7.21. The molecule has 0 bridgehead atoms. The lowest BCUT2D eigenvalue weighted by Gasteiger charge is -2.43. The minimum atomic E-state index is -0.363. The second kappa shape index (κ2) is 9.22. The number of primary amides is 1. The van der Waals surface area contributed by atoms with Gasteiger partial charge in [0.2, 0.25) is 5.91 Å². The summed E-state index contributed by atoms with van der Waals surface area (Å²) < 4.78 is 7.50. The predicted molar refractivity (Wildman–Crippen MR) is 132 cm³/mol. The minimum Gasteiger partial charge on any atom is -0.373 e. The number of hydrogen-bond acceptors (Lipinski definition) is 5. The van der Waals surface area contributed by atoms with Crippen LogP contribution in [0.15, 0.2) is 47.8 Å². The van der Waals surface area contributed by atoms with Crippen LogP contribution in [0.25, 0.3) is 10.1 Å². The molecule has 3 heterocycles. The molecule has 2 aliphatic heterocycles. The number of piperazine rings is 1. The Morgan fingerprint density at radius 1 is 1.19 bits per heavy atom. The topological polar surface area (TPSA) is 58.8 Å². The fraction of sp³-hybridized carbons (Fsp3) is 0.423. The van der Waals surface area contributed by atoms with E-state index in [0.29, 0.717) is 18.2 Å². The number of carbonyl (C=O) groups is 1. The molecule has 0 radical (unpaired) electrons. The Bertz CT molecular complexity index is 1110. The number of anilines is 1. The van der Waals surface area contributed by atoms with E-state index in [9.17, 15) is 4.79 Å². The van der Waals surface area contributed by atoms with Gasteiger partial charge in [0.05, 0.1) is 12.7 Å². The van der Waals surface area contributed by atoms with Crippen molar-refractivity contribution in [1.82, 2.24) is 4.90 Å². The third-order valence-electron chi connectivity index (χ3n) is 7.02. The number of benzene rings is 2. The molecule has 168 valence electrons. The number of nitrogens with two attached hydrogens (primary N) is 1. The Morgan fingerprint density at radius 3 is 2.94 bits per heavy atom. The molecule has 1 fully saturated rings. The van der Waals surface area contributed by atoms with Gasteiger partial charge in [-0.15, -0.1) is 11.3 Å². The van der Waals surface area contributed by atoms with E-state index >= 15 is 0 Å². The zero-order chi connectivity index (χ0) is 22.1. The van der Waals surface area contributed by atoms with Crippen molar-refractivity contribution in [3.05, 3.63) is 64.5 Å². The highest BCUT2D eigenvalue weighted by molar-refractivity contribution is 7.17. The average Bonchev–Trinajstić information content (AvgIpc) is 3.30. The lowest BCUT2D eigenvalue weighted by molar-refractivity contribution is 0.0244. The molecule has 2 aliphatic rings. The number of nitrogens with zero attached hydrogens (tertiary/aromatic N) is 2. The summed E-state index contributed by atoms with van der Waals surface area (Å²) >= 11 is 1.82. The molecule has 32 heavy (non-hydrogen) atoms. The first-order valence-electron chi connectivity index (χ1n) is 11.6. The minimum absolute atomic E-state index is 0.0949. The molecule has 5 nitrogen and oxygen atoms in total. The molecule has 1 saturated heterocycles. The number of hydrogen-bond donors (Lipinski definition) is 1. The van der Waals surface area contributed by atoms with Gasteiger partial charge in [-0.05, 0) is 71.5 Å². The maximum atomic E-state index is 11.5. The van der Waals surface area contributed by atoms with Crippen LogP contribution in [0.3, 0.4) is 0 Å². The molecule has 6 heteroatoms. The summed E-state index contributed by atoms with van der Waals surface area (Å²) in [5.74, 6) is -0.363. The molecule has 3 aromatic rings. The van der Waals surface area contributed by atoms with E-state index in [1.807, 2.05) is 29.5 Å². The van der Waals surface area contributed by atoms with Crippen LogP contribution < -0.4 is 10.6 Å². The summed E-state index contributed by atoms with van der Waals surface area (Å²) in [5, 5.41) is 3.50. The average molecular weight is 450 g/mol. The Labute approximate surface area is 193 Å². The fourth-order valence-corrected chi connectivity index (χ4v) is 5.98. The van der Waals surface area contributed by atoms with E-state index in [0.717, 1.165) is 45.4 Å². The monoisotopic (exact) mass is 449 g/mol. The van der Waals surface area contributed by atoms with Crippen LogP contribution in [0, 0.1) is 0 Å². The highest BCUT2D eigenvalue weighted by Crippen LogP contribution is 2.32. The summed E-state index contributed by atoms with van der Waals surface area (Å²) in [7, 11) is 0. The maximum absolute atomic E-state index is 11.5. The van der Waals surface area contributed by atoms with E-state index in [1.54, 1.807) is 0 Å². The number of amides is 1. The molecule has 2 N–H and O–H groups in total. The fourth-order valence-electron chi connectivity index (χ4n) is 5.16. The normalized spacial score (nSPS) is 21.6. The molecule has 2 atom stereocenters. The van der Waals surface area contributed by atoms with Crippen molar-refractivity contribution in [2.45, 2.75) is 38.3 Å². The predicted octanol–water partition coefficient (Wildman–Crippen LogP) is 4.60. The molecule has 0 saturated carbocycles. The van der Waals surface area contributed by atoms with Gasteiger partial charge in [0, 0.05) is 48.2 Å². The second-order valence-corrected chi connectivity index (χ2v) is 9.81. The highest BCUT2D eigenvalue weighted by Gasteiger charge is 2.28. The van der Waals surface area contributed by atoms with Crippen molar-refractivity contribution in [1.29, 1.82) is 0 Å². The van der Waals surface area contributed by atoms with E-state index < -0.39 is 0 Å². The molecular weight excluding hydrogens is 418 g/mol. The van der Waals surface area contributed by atoms with Crippen molar-refractivity contribution < 1.29 is 9.53 Å². The van der Waals surface area contributed by atoms with Crippen LogP contribution in [0.4, 0.5) is 5.69 Å². The van der Waals surface area contributed by atoms with Gasteiger partial charge >= 0.3 is 0 Å². The highest BCUT2D eigenvalue weighted by atomic mass is 32.1. The molecule has 5 rings (SSSR count). The van der Waals surface area contributed by atoms with Crippen molar-refractivity contribution in [3.8, 4) is 0 Å². The number of ether oxygens (including phenoxy) is 1. The van der Waals surface area contributed by atoms with Crippen molar-refractivity contribution in [2.24, 2.45) is 5.73 Å². The summed E-state index contributed by atoms with van der Waals surface area (Å²) in [4.78, 5) is 16.7. The Kier molecular flexibility index (Phi) is 6.17. The molecule has 0 unspecified atom stereocenters. The number of fused-ring (bicyclic) bond motifs is 2. The molecule has 0 spiro atoms. The van der Waals surface area contributed by atoms with Crippen LogP contribution in [-0.2, 0) is 11.2 Å². The smallest absolute Gasteiger partial charge is 0.248 e. The first kappa shape index (κ1) is 21.4. The molecule has 1 amide bonds. The van der Waals surface area contributed by atoms with Crippen LogP contribution in [0.5, 0.6) is 0 Å². The molecular formula is C26H31N3O2S. The van der Waals surface area contributed by atoms with Gasteiger partial charge in [-0.25, -0.2) is 0 Å². The van der Waals surface area contributed by atoms with Gasteiger partial charge in [-0.1, -0.05) is 19.1 Å². The number of thiophene rings is 1. The second-order valence-electron chi connectivity index (χ2n) is 8.86. The van der Waals surface area contributed by atoms with E-state index in [2.05, 4.69) is 46.4 Å². The Balaban J connectivity index is 1.23. The summed E-state index contributed by atoms with van der Waals surface area (Å²) in [6, 6.07) is 15.4. The molecule has 2 aromatic carbocycles. The number of carbonyl (C=O) groups excluding carboxylic acids is 1. The van der Waals surface area contributed by atoms with E-state index in [4.69, 9.17) is 10.5 Å². The Morgan fingerprint density at radius 2 is 2.09 bits per heavy atom. The first-order chi connectivity index (χ1) is 15.6. The van der Waals surface area contributed by atoms with Crippen molar-refractivity contribution in [2.75, 3.05) is 37.7 Å². The van der Waals surface area contributed by atoms with Crippen molar-refractivity contribution in [3.63, 3.8) is 0 Å². The van der Waals surface area contributed by atoms with E-state index in [1.165, 1.54) is 26.9 Å². The van der Waals surface area contributed by atoms with Gasteiger partial charge in [-0.3, -0.25) is 9.69 Å². The summed E-state index contributed by atoms with van der Waals surface area (Å²) in [5.41, 5.74) is 9.82. The van der Waals surface area contributed by atoms with Crippen molar-refractivity contribution >= 4 is 33.0 Å².